The number of methoxy groups -OCH3 is 1. The number of hydrogen-bond donors (Lipinski definition) is 1. The first kappa shape index (κ1) is 21.3. The van der Waals surface area contributed by atoms with E-state index in [1.54, 1.807) is 13.2 Å². The molecule has 0 aliphatic rings. The van der Waals surface area contributed by atoms with Crippen molar-refractivity contribution in [3.05, 3.63) is 52.9 Å². The molecule has 1 N–H and O–H groups in total. The second-order valence-corrected chi connectivity index (χ2v) is 6.94. The largest absolute Gasteiger partial charge is 0.497 e. The average molecular weight is 380 g/mol. The van der Waals surface area contributed by atoms with Gasteiger partial charge < -0.3 is 19.5 Å². The summed E-state index contributed by atoms with van der Waals surface area (Å²) in [6.07, 6.45) is 2.49. The zero-order valence-electron chi connectivity index (χ0n) is 17.2. The number of rotatable bonds is 8. The van der Waals surface area contributed by atoms with Gasteiger partial charge in [-0.1, -0.05) is 0 Å². The summed E-state index contributed by atoms with van der Waals surface area (Å²) in [6, 6.07) is 11.8. The molecule has 1 aromatic heterocycles. The number of nitrogens with one attached hydrogen (secondary N) is 1. The minimum absolute atomic E-state index is 0.111. The molecule has 0 aliphatic carbocycles. The number of nitriles is 1. The summed E-state index contributed by atoms with van der Waals surface area (Å²) in [5.41, 5.74) is 3.96. The first-order chi connectivity index (χ1) is 13.4. The summed E-state index contributed by atoms with van der Waals surface area (Å²) in [7, 11) is 5.61. The van der Waals surface area contributed by atoms with Gasteiger partial charge in [-0.05, 0) is 82.9 Å². The smallest absolute Gasteiger partial charge is 0.261 e. The highest BCUT2D eigenvalue weighted by Gasteiger charge is 2.13. The average Bonchev–Trinajstić information content (AvgIpc) is 2.96. The topological polar surface area (TPSA) is 70.3 Å². The highest BCUT2D eigenvalue weighted by Crippen LogP contribution is 2.24. The minimum Gasteiger partial charge on any atom is -0.497 e. The van der Waals surface area contributed by atoms with Crippen molar-refractivity contribution in [1.82, 2.24) is 14.8 Å². The molecule has 1 amide bonds. The molecule has 0 bridgehead atoms. The van der Waals surface area contributed by atoms with E-state index in [-0.39, 0.29) is 11.5 Å². The van der Waals surface area contributed by atoms with Crippen LogP contribution in [-0.4, -0.2) is 49.7 Å². The summed E-state index contributed by atoms with van der Waals surface area (Å²) < 4.78 is 7.31. The fourth-order valence-corrected chi connectivity index (χ4v) is 3.06. The van der Waals surface area contributed by atoms with Crippen LogP contribution in [0.5, 0.6) is 5.75 Å². The first-order valence-electron chi connectivity index (χ1n) is 9.25. The fourth-order valence-electron chi connectivity index (χ4n) is 3.06. The van der Waals surface area contributed by atoms with E-state index in [9.17, 15) is 10.1 Å². The molecule has 0 aliphatic heterocycles. The van der Waals surface area contributed by atoms with Gasteiger partial charge in [-0.3, -0.25) is 4.79 Å². The van der Waals surface area contributed by atoms with E-state index in [0.29, 0.717) is 6.54 Å². The van der Waals surface area contributed by atoms with E-state index >= 15 is 0 Å². The van der Waals surface area contributed by atoms with Crippen LogP contribution in [0.1, 0.15) is 23.4 Å². The zero-order valence-corrected chi connectivity index (χ0v) is 17.2. The third-order valence-electron chi connectivity index (χ3n) is 4.53. The summed E-state index contributed by atoms with van der Waals surface area (Å²) >= 11 is 0. The molecule has 0 unspecified atom stereocenters. The number of benzene rings is 1. The molecule has 6 heteroatoms. The Bertz CT molecular complexity index is 886. The predicted molar refractivity (Wildman–Crippen MR) is 112 cm³/mol. The van der Waals surface area contributed by atoms with Gasteiger partial charge >= 0.3 is 0 Å². The van der Waals surface area contributed by atoms with Gasteiger partial charge in [0.15, 0.2) is 0 Å². The molecular weight excluding hydrogens is 352 g/mol. The Kier molecular flexibility index (Phi) is 7.42. The molecule has 0 saturated heterocycles. The lowest BCUT2D eigenvalue weighted by Crippen LogP contribution is -2.27. The van der Waals surface area contributed by atoms with Crippen LogP contribution in [0.3, 0.4) is 0 Å². The SMILES string of the molecule is COc1ccc(-n2c(C)cc(C=C(C#N)C(=O)NCCCN(C)C)c2C)cc1. The van der Waals surface area contributed by atoms with E-state index < -0.39 is 0 Å². The molecule has 6 nitrogen and oxygen atoms in total. The number of aromatic nitrogens is 1. The monoisotopic (exact) mass is 380 g/mol. The van der Waals surface area contributed by atoms with E-state index in [1.807, 2.05) is 64.3 Å². The standard InChI is InChI=1S/C22H28N4O2/c1-16-13-18(14-19(15-23)22(27)24-11-6-12-25(3)4)17(2)26(16)20-7-9-21(28-5)10-8-20/h7-10,13-14H,6,11-12H2,1-5H3,(H,24,27). The van der Waals surface area contributed by atoms with Crippen molar-refractivity contribution in [1.29, 1.82) is 5.26 Å². The van der Waals surface area contributed by atoms with Gasteiger partial charge in [0, 0.05) is 23.6 Å². The number of aryl methyl sites for hydroxylation is 1. The van der Waals surface area contributed by atoms with Crippen molar-refractivity contribution >= 4 is 12.0 Å². The summed E-state index contributed by atoms with van der Waals surface area (Å²) in [4.78, 5) is 14.4. The molecule has 2 aromatic rings. The molecule has 0 radical (unpaired) electrons. The van der Waals surface area contributed by atoms with Crippen molar-refractivity contribution in [3.8, 4) is 17.5 Å². The summed E-state index contributed by atoms with van der Waals surface area (Å²) in [5.74, 6) is 0.458. The molecule has 0 spiro atoms. The molecule has 0 fully saturated rings. The van der Waals surface area contributed by atoms with Crippen LogP contribution in [0.4, 0.5) is 0 Å². The maximum absolute atomic E-state index is 12.3. The Morgan fingerprint density at radius 1 is 1.29 bits per heavy atom. The lowest BCUT2D eigenvalue weighted by atomic mass is 10.1. The number of hydrogen-bond acceptors (Lipinski definition) is 4. The number of ether oxygens (including phenoxy) is 1. The maximum atomic E-state index is 12.3. The lowest BCUT2D eigenvalue weighted by molar-refractivity contribution is -0.117. The Labute approximate surface area is 167 Å². The molecule has 28 heavy (non-hydrogen) atoms. The Hall–Kier alpha value is -3.04. The van der Waals surface area contributed by atoms with E-state index in [1.165, 1.54) is 0 Å². The van der Waals surface area contributed by atoms with Gasteiger partial charge in [0.1, 0.15) is 17.4 Å². The van der Waals surface area contributed by atoms with Crippen LogP contribution >= 0.6 is 0 Å². The molecule has 0 atom stereocenters. The molecule has 2 rings (SSSR count). The molecule has 1 aromatic carbocycles. The van der Waals surface area contributed by atoms with Gasteiger partial charge in [0.2, 0.25) is 0 Å². The van der Waals surface area contributed by atoms with E-state index in [2.05, 4.69) is 14.8 Å². The second kappa shape index (κ2) is 9.77. The molecule has 0 saturated carbocycles. The van der Waals surface area contributed by atoms with Crippen LogP contribution in [0, 0.1) is 25.2 Å². The van der Waals surface area contributed by atoms with Crippen molar-refractivity contribution in [2.24, 2.45) is 0 Å². The number of nitrogens with zero attached hydrogens (tertiary/aromatic N) is 3. The van der Waals surface area contributed by atoms with Gasteiger partial charge in [-0.2, -0.15) is 5.26 Å². The second-order valence-electron chi connectivity index (χ2n) is 6.94. The lowest BCUT2D eigenvalue weighted by Gasteiger charge is -2.10. The number of carbonyl (C=O) groups is 1. The van der Waals surface area contributed by atoms with Crippen LogP contribution in [0.25, 0.3) is 11.8 Å². The highest BCUT2D eigenvalue weighted by atomic mass is 16.5. The van der Waals surface area contributed by atoms with Crippen LogP contribution in [0.2, 0.25) is 0 Å². The molecule has 1 heterocycles. The third kappa shape index (κ3) is 5.24. The van der Waals surface area contributed by atoms with Crippen molar-refractivity contribution < 1.29 is 9.53 Å². The predicted octanol–water partition coefficient (Wildman–Crippen LogP) is 3.08. The van der Waals surface area contributed by atoms with Crippen LogP contribution < -0.4 is 10.1 Å². The van der Waals surface area contributed by atoms with E-state index in [4.69, 9.17) is 4.74 Å². The first-order valence-corrected chi connectivity index (χ1v) is 9.25. The Morgan fingerprint density at radius 2 is 1.96 bits per heavy atom. The zero-order chi connectivity index (χ0) is 20.7. The molecular formula is C22H28N4O2. The van der Waals surface area contributed by atoms with E-state index in [0.717, 1.165) is 41.4 Å². The Morgan fingerprint density at radius 3 is 2.54 bits per heavy atom. The van der Waals surface area contributed by atoms with Crippen molar-refractivity contribution in [3.63, 3.8) is 0 Å². The normalized spacial score (nSPS) is 11.4. The fraction of sp³-hybridized carbons (Fsp3) is 0.364. The Balaban J connectivity index is 2.22. The van der Waals surface area contributed by atoms with Gasteiger partial charge in [-0.15, -0.1) is 0 Å². The van der Waals surface area contributed by atoms with Gasteiger partial charge in [0.05, 0.1) is 7.11 Å². The third-order valence-corrected chi connectivity index (χ3v) is 4.53. The number of carbonyl (C=O) groups excluding carboxylic acids is 1. The summed E-state index contributed by atoms with van der Waals surface area (Å²) in [6.45, 7) is 5.41. The highest BCUT2D eigenvalue weighted by molar-refractivity contribution is 6.01. The maximum Gasteiger partial charge on any atom is 0.261 e. The van der Waals surface area contributed by atoms with Crippen LogP contribution in [-0.2, 0) is 4.79 Å². The van der Waals surface area contributed by atoms with Gasteiger partial charge in [-0.25, -0.2) is 0 Å². The molecule has 148 valence electrons. The number of amides is 1. The quantitative estimate of drug-likeness (QED) is 0.434. The van der Waals surface area contributed by atoms with Gasteiger partial charge in [0.25, 0.3) is 5.91 Å². The van der Waals surface area contributed by atoms with Crippen molar-refractivity contribution in [2.45, 2.75) is 20.3 Å². The van der Waals surface area contributed by atoms with Crippen LogP contribution in [0.15, 0.2) is 35.9 Å². The minimum atomic E-state index is -0.337. The van der Waals surface area contributed by atoms with Crippen molar-refractivity contribution in [2.75, 3.05) is 34.3 Å². The summed E-state index contributed by atoms with van der Waals surface area (Å²) in [5, 5.41) is 12.3.